The zero-order valence-corrected chi connectivity index (χ0v) is 17.0. The molecule has 2 N–H and O–H groups in total. The van der Waals surface area contributed by atoms with E-state index < -0.39 is 10.0 Å². The minimum atomic E-state index is -3.60. The van der Waals surface area contributed by atoms with Crippen LogP contribution in [0.2, 0.25) is 0 Å². The van der Waals surface area contributed by atoms with Gasteiger partial charge < -0.3 is 5.32 Å². The molecule has 4 saturated carbocycles. The van der Waals surface area contributed by atoms with Crippen molar-refractivity contribution in [1.29, 1.82) is 0 Å². The largest absolute Gasteiger partial charge is 0.365 e. The first-order chi connectivity index (χ1) is 13.4. The normalized spacial score (nSPS) is 31.0. The first-order valence-electron chi connectivity index (χ1n) is 10.2. The molecular formula is C22H27N3O2S. The molecule has 0 aliphatic heterocycles. The first kappa shape index (κ1) is 18.0. The summed E-state index contributed by atoms with van der Waals surface area (Å²) in [4.78, 5) is 4.77. The summed E-state index contributed by atoms with van der Waals surface area (Å²) in [5, 5.41) is 3.73. The van der Waals surface area contributed by atoms with Gasteiger partial charge in [0.15, 0.2) is 0 Å². The van der Waals surface area contributed by atoms with E-state index in [1.807, 2.05) is 13.0 Å². The molecule has 4 aliphatic carbocycles. The van der Waals surface area contributed by atoms with Crippen LogP contribution >= 0.6 is 0 Å². The van der Waals surface area contributed by atoms with Crippen LogP contribution in [0.15, 0.2) is 47.5 Å². The van der Waals surface area contributed by atoms with Gasteiger partial charge in [-0.3, -0.25) is 4.72 Å². The Hall–Kier alpha value is -2.08. The number of hydrogen-bond acceptors (Lipinski definition) is 4. The van der Waals surface area contributed by atoms with Crippen LogP contribution in [-0.4, -0.2) is 18.9 Å². The van der Waals surface area contributed by atoms with Crippen molar-refractivity contribution in [3.63, 3.8) is 0 Å². The molecule has 1 aromatic heterocycles. The Bertz CT molecular complexity index is 933. The Labute approximate surface area is 167 Å². The summed E-state index contributed by atoms with van der Waals surface area (Å²) < 4.78 is 27.7. The van der Waals surface area contributed by atoms with Crippen LogP contribution in [0.25, 0.3) is 0 Å². The Kier molecular flexibility index (Phi) is 4.16. The number of rotatable bonds is 5. The number of aromatic nitrogens is 1. The summed E-state index contributed by atoms with van der Waals surface area (Å²) in [6.07, 6.45) is 9.60. The monoisotopic (exact) mass is 397 g/mol. The number of aryl methyl sites for hydroxylation is 1. The smallest absolute Gasteiger partial charge is 0.261 e. The van der Waals surface area contributed by atoms with Gasteiger partial charge in [-0.2, -0.15) is 0 Å². The van der Waals surface area contributed by atoms with Gasteiger partial charge in [0.25, 0.3) is 10.0 Å². The zero-order valence-electron chi connectivity index (χ0n) is 16.2. The molecule has 0 unspecified atom stereocenters. The van der Waals surface area contributed by atoms with Gasteiger partial charge in [-0.05, 0) is 87.5 Å². The van der Waals surface area contributed by atoms with Crippen LogP contribution in [-0.2, 0) is 10.0 Å². The molecule has 0 spiro atoms. The Balaban J connectivity index is 1.29. The molecule has 0 saturated heterocycles. The summed E-state index contributed by atoms with van der Waals surface area (Å²) in [5.74, 6) is 3.47. The van der Waals surface area contributed by atoms with Crippen molar-refractivity contribution in [3.05, 3.63) is 48.2 Å². The summed E-state index contributed by atoms with van der Waals surface area (Å²) >= 11 is 0. The fraction of sp³-hybridized carbons (Fsp3) is 0.500. The summed E-state index contributed by atoms with van der Waals surface area (Å²) in [7, 11) is -3.60. The maximum absolute atomic E-state index is 12.5. The van der Waals surface area contributed by atoms with Gasteiger partial charge in [0, 0.05) is 5.54 Å². The van der Waals surface area contributed by atoms with E-state index in [4.69, 9.17) is 0 Å². The molecular weight excluding hydrogens is 370 g/mol. The first-order valence-corrected chi connectivity index (χ1v) is 11.7. The fourth-order valence-electron chi connectivity index (χ4n) is 6.00. The lowest BCUT2D eigenvalue weighted by Gasteiger charge is -2.57. The van der Waals surface area contributed by atoms with Crippen molar-refractivity contribution in [2.45, 2.75) is 55.9 Å². The molecule has 0 amide bonds. The molecule has 4 fully saturated rings. The van der Waals surface area contributed by atoms with Crippen molar-refractivity contribution >= 4 is 21.5 Å². The van der Waals surface area contributed by atoms with E-state index in [1.165, 1.54) is 38.5 Å². The highest BCUT2D eigenvalue weighted by Gasteiger charge is 2.51. The number of benzene rings is 1. The molecule has 0 radical (unpaired) electrons. The third kappa shape index (κ3) is 3.39. The van der Waals surface area contributed by atoms with Crippen LogP contribution in [0.1, 0.15) is 44.1 Å². The second-order valence-electron chi connectivity index (χ2n) is 9.17. The fourth-order valence-corrected chi connectivity index (χ4v) is 7.04. The van der Waals surface area contributed by atoms with Gasteiger partial charge in [-0.15, -0.1) is 0 Å². The third-order valence-electron chi connectivity index (χ3n) is 6.78. The lowest BCUT2D eigenvalue weighted by Crippen LogP contribution is -2.54. The van der Waals surface area contributed by atoms with Crippen LogP contribution in [0.4, 0.5) is 11.5 Å². The Morgan fingerprint density at radius 2 is 1.54 bits per heavy atom. The predicted octanol–water partition coefficient (Wildman–Crippen LogP) is 4.57. The quantitative estimate of drug-likeness (QED) is 0.775. The van der Waals surface area contributed by atoms with Gasteiger partial charge in [-0.25, -0.2) is 13.4 Å². The molecule has 1 heterocycles. The van der Waals surface area contributed by atoms with Crippen molar-refractivity contribution in [2.24, 2.45) is 17.8 Å². The van der Waals surface area contributed by atoms with E-state index in [1.54, 1.807) is 36.5 Å². The summed E-state index contributed by atoms with van der Waals surface area (Å²) in [6, 6.07) is 10.5. The molecule has 4 bridgehead atoms. The van der Waals surface area contributed by atoms with Crippen LogP contribution in [0.3, 0.4) is 0 Å². The summed E-state index contributed by atoms with van der Waals surface area (Å²) in [5.41, 5.74) is 1.71. The average molecular weight is 398 g/mol. The maximum atomic E-state index is 12.5. The highest BCUT2D eigenvalue weighted by Crippen LogP contribution is 2.56. The maximum Gasteiger partial charge on any atom is 0.261 e. The zero-order chi connectivity index (χ0) is 19.4. The van der Waals surface area contributed by atoms with E-state index in [9.17, 15) is 8.42 Å². The van der Waals surface area contributed by atoms with Gasteiger partial charge >= 0.3 is 0 Å². The number of anilines is 2. The predicted molar refractivity (Wildman–Crippen MR) is 111 cm³/mol. The summed E-state index contributed by atoms with van der Waals surface area (Å²) in [6.45, 7) is 1.93. The van der Waals surface area contributed by atoms with Crippen LogP contribution in [0, 0.1) is 24.7 Å². The number of pyridine rings is 1. The third-order valence-corrected chi connectivity index (χ3v) is 8.18. The van der Waals surface area contributed by atoms with Crippen molar-refractivity contribution in [3.8, 4) is 0 Å². The second kappa shape index (κ2) is 6.48. The molecule has 6 heteroatoms. The number of nitrogens with zero attached hydrogens (tertiary/aromatic N) is 1. The molecule has 1 aromatic carbocycles. The Morgan fingerprint density at radius 3 is 2.07 bits per heavy atom. The highest BCUT2D eigenvalue weighted by molar-refractivity contribution is 7.92. The minimum Gasteiger partial charge on any atom is -0.365 e. The number of nitrogens with one attached hydrogen (secondary N) is 2. The minimum absolute atomic E-state index is 0.199. The van der Waals surface area contributed by atoms with Crippen LogP contribution in [0.5, 0.6) is 0 Å². The second-order valence-corrected chi connectivity index (χ2v) is 10.9. The van der Waals surface area contributed by atoms with Crippen LogP contribution < -0.4 is 10.0 Å². The van der Waals surface area contributed by atoms with Crippen molar-refractivity contribution in [1.82, 2.24) is 4.98 Å². The molecule has 6 rings (SSSR count). The van der Waals surface area contributed by atoms with E-state index in [-0.39, 0.29) is 10.4 Å². The van der Waals surface area contributed by atoms with Gasteiger partial charge in [0.1, 0.15) is 5.82 Å². The molecule has 148 valence electrons. The molecule has 5 nitrogen and oxygen atoms in total. The molecule has 0 atom stereocenters. The van der Waals surface area contributed by atoms with E-state index in [2.05, 4.69) is 15.0 Å². The average Bonchev–Trinajstić information content (AvgIpc) is 2.62. The number of sulfonamides is 1. The van der Waals surface area contributed by atoms with E-state index in [0.717, 1.165) is 29.1 Å². The molecule has 2 aromatic rings. The molecule has 28 heavy (non-hydrogen) atoms. The topological polar surface area (TPSA) is 71.1 Å². The van der Waals surface area contributed by atoms with Crippen molar-refractivity contribution in [2.75, 3.05) is 10.0 Å². The Morgan fingerprint density at radius 1 is 0.929 bits per heavy atom. The van der Waals surface area contributed by atoms with Gasteiger partial charge in [-0.1, -0.05) is 17.7 Å². The van der Waals surface area contributed by atoms with E-state index >= 15 is 0 Å². The highest BCUT2D eigenvalue weighted by atomic mass is 32.2. The molecule has 4 aliphatic rings. The van der Waals surface area contributed by atoms with Gasteiger partial charge in [0.2, 0.25) is 0 Å². The SMILES string of the molecule is Cc1ccc(S(=O)(=O)Nc2ccc(NC34CC5CC(CC(C5)C3)C4)nc2)cc1. The lowest BCUT2D eigenvalue weighted by atomic mass is 9.53. The lowest BCUT2D eigenvalue weighted by molar-refractivity contribution is 0.0105. The van der Waals surface area contributed by atoms with Gasteiger partial charge in [0.05, 0.1) is 16.8 Å². The standard InChI is InChI=1S/C22H27N3O2S/c1-15-2-5-20(6-3-15)28(26,27)25-19-4-7-21(23-14-19)24-22-11-16-8-17(12-22)10-18(9-16)13-22/h2-7,14,16-18,25H,8-13H2,1H3,(H,23,24). The van der Waals surface area contributed by atoms with E-state index in [0.29, 0.717) is 5.69 Å². The number of hydrogen-bond donors (Lipinski definition) is 2. The van der Waals surface area contributed by atoms with Crippen molar-refractivity contribution < 1.29 is 8.42 Å².